The Morgan fingerprint density at radius 1 is 1.50 bits per heavy atom. The highest BCUT2D eigenvalue weighted by atomic mass is 32.1. The molecule has 3 N–H and O–H groups in total. The minimum Gasteiger partial charge on any atom is -0.392 e. The van der Waals surface area contributed by atoms with Crippen LogP contribution in [-0.2, 0) is 4.79 Å². The summed E-state index contributed by atoms with van der Waals surface area (Å²) in [4.78, 5) is 11.9. The van der Waals surface area contributed by atoms with E-state index in [0.29, 0.717) is 4.99 Å². The second-order valence-electron chi connectivity index (χ2n) is 3.56. The van der Waals surface area contributed by atoms with E-state index in [0.717, 1.165) is 19.3 Å². The Kier molecular flexibility index (Phi) is 6.45. The van der Waals surface area contributed by atoms with Gasteiger partial charge in [-0.3, -0.25) is 4.79 Å². The smallest absolute Gasteiger partial charge is 0.223 e. The summed E-state index contributed by atoms with van der Waals surface area (Å²) in [7, 11) is 0. The van der Waals surface area contributed by atoms with Crippen LogP contribution in [0.1, 0.15) is 40.0 Å². The molecule has 2 unspecified atom stereocenters. The molecule has 0 aliphatic carbocycles. The van der Waals surface area contributed by atoms with Crippen molar-refractivity contribution in [3.05, 3.63) is 0 Å². The Balaban J connectivity index is 4.15. The fraction of sp³-hybridized carbons (Fsp3) is 0.800. The van der Waals surface area contributed by atoms with Crippen molar-refractivity contribution >= 4 is 23.1 Å². The van der Waals surface area contributed by atoms with Gasteiger partial charge in [0.2, 0.25) is 5.91 Å². The molecule has 0 aliphatic rings. The fourth-order valence-electron chi connectivity index (χ4n) is 1.07. The van der Waals surface area contributed by atoms with Crippen LogP contribution in [0.3, 0.4) is 0 Å². The fourth-order valence-corrected chi connectivity index (χ4v) is 1.25. The molecular weight excluding hydrogens is 196 g/mol. The van der Waals surface area contributed by atoms with Crippen LogP contribution < -0.4 is 11.1 Å². The van der Waals surface area contributed by atoms with Gasteiger partial charge in [0.15, 0.2) is 0 Å². The van der Waals surface area contributed by atoms with Gasteiger partial charge in [0, 0.05) is 5.92 Å². The van der Waals surface area contributed by atoms with Crippen molar-refractivity contribution in [2.45, 2.75) is 46.1 Å². The molecule has 0 aromatic heterocycles. The molecule has 1 amide bonds. The molecule has 14 heavy (non-hydrogen) atoms. The van der Waals surface area contributed by atoms with Gasteiger partial charge in [-0.1, -0.05) is 39.4 Å². The van der Waals surface area contributed by atoms with E-state index in [1.54, 1.807) is 0 Å². The maximum absolute atomic E-state index is 11.5. The largest absolute Gasteiger partial charge is 0.392 e. The lowest BCUT2D eigenvalue weighted by Gasteiger charge is -2.18. The van der Waals surface area contributed by atoms with Crippen molar-refractivity contribution in [3.63, 3.8) is 0 Å². The molecule has 0 spiro atoms. The molecule has 0 aliphatic heterocycles. The van der Waals surface area contributed by atoms with E-state index in [4.69, 9.17) is 18.0 Å². The Bertz CT molecular complexity index is 206. The van der Waals surface area contributed by atoms with Crippen molar-refractivity contribution in [3.8, 4) is 0 Å². The number of hydrogen-bond donors (Lipinski definition) is 2. The highest BCUT2D eigenvalue weighted by molar-refractivity contribution is 7.80. The van der Waals surface area contributed by atoms with Gasteiger partial charge in [0.05, 0.1) is 11.0 Å². The molecule has 0 heterocycles. The number of carbonyl (C=O) groups excluding carboxylic acids is 1. The first-order chi connectivity index (χ1) is 6.52. The van der Waals surface area contributed by atoms with Crippen LogP contribution in [-0.4, -0.2) is 16.9 Å². The summed E-state index contributed by atoms with van der Waals surface area (Å²) in [5.74, 6) is 0.0717. The van der Waals surface area contributed by atoms with Crippen LogP contribution in [0.2, 0.25) is 0 Å². The summed E-state index contributed by atoms with van der Waals surface area (Å²) in [6.45, 7) is 5.93. The first kappa shape index (κ1) is 13.4. The number of thiocarbonyl (C=S) groups is 1. The first-order valence-electron chi connectivity index (χ1n) is 5.12. The van der Waals surface area contributed by atoms with Crippen LogP contribution in [0, 0.1) is 5.92 Å². The molecule has 0 fully saturated rings. The van der Waals surface area contributed by atoms with E-state index < -0.39 is 0 Å². The maximum Gasteiger partial charge on any atom is 0.223 e. The number of rotatable bonds is 6. The van der Waals surface area contributed by atoms with Crippen molar-refractivity contribution in [1.29, 1.82) is 0 Å². The topological polar surface area (TPSA) is 55.1 Å². The van der Waals surface area contributed by atoms with Gasteiger partial charge in [0.1, 0.15) is 0 Å². The summed E-state index contributed by atoms with van der Waals surface area (Å²) in [5, 5.41) is 2.86. The molecule has 4 heteroatoms. The minimum atomic E-state index is -0.142. The predicted molar refractivity (Wildman–Crippen MR) is 63.1 cm³/mol. The van der Waals surface area contributed by atoms with Crippen LogP contribution >= 0.6 is 12.2 Å². The number of amides is 1. The molecule has 0 radical (unpaired) electrons. The summed E-state index contributed by atoms with van der Waals surface area (Å²) in [6.07, 6.45) is 2.61. The van der Waals surface area contributed by atoms with E-state index >= 15 is 0 Å². The average Bonchev–Trinajstić information content (AvgIpc) is 2.15. The van der Waals surface area contributed by atoms with Crippen LogP contribution in [0.5, 0.6) is 0 Å². The molecule has 3 nitrogen and oxygen atoms in total. The summed E-state index contributed by atoms with van der Waals surface area (Å²) in [6, 6.07) is -0.142. The molecular formula is C10H20N2OS. The second kappa shape index (κ2) is 6.76. The molecule has 2 atom stereocenters. The predicted octanol–water partition coefficient (Wildman–Crippen LogP) is 1.60. The molecule has 0 saturated heterocycles. The Hall–Kier alpha value is -0.640. The van der Waals surface area contributed by atoms with E-state index in [2.05, 4.69) is 5.32 Å². The lowest BCUT2D eigenvalue weighted by atomic mass is 10.1. The first-order valence-corrected chi connectivity index (χ1v) is 5.53. The standard InChI is InChI=1S/C10H20N2OS/c1-4-6-8(9(11)14)12-10(13)7(3)5-2/h7-8H,4-6H2,1-3H3,(H2,11,14)(H,12,13). The SMILES string of the molecule is CCCC(NC(=O)C(C)CC)C(N)=S. The third-order valence-corrected chi connectivity index (χ3v) is 2.58. The van der Waals surface area contributed by atoms with Gasteiger partial charge in [-0.2, -0.15) is 0 Å². The summed E-state index contributed by atoms with van der Waals surface area (Å²) < 4.78 is 0. The molecule has 0 rings (SSSR count). The second-order valence-corrected chi connectivity index (χ2v) is 4.03. The zero-order valence-corrected chi connectivity index (χ0v) is 9.99. The van der Waals surface area contributed by atoms with Gasteiger partial charge in [-0.15, -0.1) is 0 Å². The quantitative estimate of drug-likeness (QED) is 0.663. The van der Waals surface area contributed by atoms with Crippen molar-refractivity contribution < 1.29 is 4.79 Å². The number of nitrogens with one attached hydrogen (secondary N) is 1. The number of nitrogens with two attached hydrogens (primary N) is 1. The van der Waals surface area contributed by atoms with Gasteiger partial charge in [-0.25, -0.2) is 0 Å². The van der Waals surface area contributed by atoms with Crippen LogP contribution in [0.15, 0.2) is 0 Å². The average molecular weight is 216 g/mol. The van der Waals surface area contributed by atoms with Crippen LogP contribution in [0.25, 0.3) is 0 Å². The third kappa shape index (κ3) is 4.56. The monoisotopic (exact) mass is 216 g/mol. The van der Waals surface area contributed by atoms with E-state index in [1.165, 1.54) is 0 Å². The lowest BCUT2D eigenvalue weighted by Crippen LogP contribution is -2.45. The highest BCUT2D eigenvalue weighted by Gasteiger charge is 2.17. The van der Waals surface area contributed by atoms with E-state index in [9.17, 15) is 4.79 Å². The Labute approximate surface area is 91.4 Å². The van der Waals surface area contributed by atoms with Gasteiger partial charge < -0.3 is 11.1 Å². The summed E-state index contributed by atoms with van der Waals surface area (Å²) >= 11 is 4.89. The molecule has 0 saturated carbocycles. The zero-order valence-electron chi connectivity index (χ0n) is 9.17. The summed E-state index contributed by atoms with van der Waals surface area (Å²) in [5.41, 5.74) is 5.53. The molecule has 0 bridgehead atoms. The number of carbonyl (C=O) groups is 1. The van der Waals surface area contributed by atoms with Gasteiger partial charge >= 0.3 is 0 Å². The van der Waals surface area contributed by atoms with E-state index in [-0.39, 0.29) is 17.9 Å². The zero-order chi connectivity index (χ0) is 11.1. The normalized spacial score (nSPS) is 14.5. The van der Waals surface area contributed by atoms with Crippen molar-refractivity contribution in [1.82, 2.24) is 5.32 Å². The maximum atomic E-state index is 11.5. The van der Waals surface area contributed by atoms with Gasteiger partial charge in [-0.05, 0) is 12.8 Å². The molecule has 82 valence electrons. The van der Waals surface area contributed by atoms with Crippen molar-refractivity contribution in [2.24, 2.45) is 11.7 Å². The van der Waals surface area contributed by atoms with E-state index in [1.807, 2.05) is 20.8 Å². The number of hydrogen-bond acceptors (Lipinski definition) is 2. The van der Waals surface area contributed by atoms with Crippen LogP contribution in [0.4, 0.5) is 0 Å². The molecule has 0 aromatic rings. The van der Waals surface area contributed by atoms with Gasteiger partial charge in [0.25, 0.3) is 0 Å². The highest BCUT2D eigenvalue weighted by Crippen LogP contribution is 2.03. The van der Waals surface area contributed by atoms with Crippen molar-refractivity contribution in [2.75, 3.05) is 0 Å². The Morgan fingerprint density at radius 3 is 2.43 bits per heavy atom. The third-order valence-electron chi connectivity index (χ3n) is 2.30. The molecule has 0 aromatic carbocycles. The lowest BCUT2D eigenvalue weighted by molar-refractivity contribution is -0.124. The Morgan fingerprint density at radius 2 is 2.07 bits per heavy atom. The minimum absolute atomic E-state index is 0.0312.